The first-order chi connectivity index (χ1) is 9.32. The van der Waals surface area contributed by atoms with Gasteiger partial charge in [0.05, 0.1) is 0 Å². The van der Waals surface area contributed by atoms with Crippen molar-refractivity contribution in [2.45, 2.75) is 34.6 Å². The van der Waals surface area contributed by atoms with Crippen LogP contribution in [0.4, 0.5) is 0 Å². The Balaban J connectivity index is 2.65. The van der Waals surface area contributed by atoms with Crippen LogP contribution in [-0.4, -0.2) is 5.78 Å². The molecule has 0 radical (unpaired) electrons. The molecule has 0 aliphatic heterocycles. The van der Waals surface area contributed by atoms with Gasteiger partial charge in [-0.3, -0.25) is 4.79 Å². The number of hydrogen-bond acceptors (Lipinski definition) is 1. The van der Waals surface area contributed by atoms with E-state index in [1.807, 2.05) is 39.0 Å². The first kappa shape index (κ1) is 15.0. The van der Waals surface area contributed by atoms with Gasteiger partial charge in [-0.2, -0.15) is 0 Å². The molecule has 1 nitrogen and oxygen atoms in total. The monoisotopic (exact) mass is 330 g/mol. The molecule has 0 bridgehead atoms. The molecular weight excluding hydrogens is 312 g/mol. The Hall–Kier alpha value is -1.41. The third kappa shape index (κ3) is 2.57. The summed E-state index contributed by atoms with van der Waals surface area (Å²) in [6.45, 7) is 10.2. The lowest BCUT2D eigenvalue weighted by atomic mass is 9.88. The van der Waals surface area contributed by atoms with E-state index in [-0.39, 0.29) is 5.78 Å². The Morgan fingerprint density at radius 2 is 1.40 bits per heavy atom. The Labute approximate surface area is 129 Å². The van der Waals surface area contributed by atoms with Gasteiger partial charge in [0.15, 0.2) is 5.78 Å². The van der Waals surface area contributed by atoms with Crippen molar-refractivity contribution in [3.05, 3.63) is 67.7 Å². The average molecular weight is 331 g/mol. The predicted molar refractivity (Wildman–Crippen MR) is 87.7 cm³/mol. The Bertz CT molecular complexity index is 673. The standard InChI is InChI=1S/C18H19BrO/c1-10-8-11(2)14(5)17(13(10)4)18(20)16-7-6-15(19)9-12(16)3/h6-9H,1-5H3. The van der Waals surface area contributed by atoms with Gasteiger partial charge in [-0.25, -0.2) is 0 Å². The first-order valence-electron chi connectivity index (χ1n) is 6.71. The molecule has 0 N–H and O–H groups in total. The van der Waals surface area contributed by atoms with Crippen molar-refractivity contribution in [3.63, 3.8) is 0 Å². The number of rotatable bonds is 2. The zero-order valence-electron chi connectivity index (χ0n) is 12.6. The van der Waals surface area contributed by atoms with Gasteiger partial charge in [-0.15, -0.1) is 0 Å². The maximum atomic E-state index is 12.9. The summed E-state index contributed by atoms with van der Waals surface area (Å²) in [5.74, 6) is 0.122. The first-order valence-corrected chi connectivity index (χ1v) is 7.50. The third-order valence-electron chi connectivity index (χ3n) is 4.03. The van der Waals surface area contributed by atoms with Crippen molar-refractivity contribution in [2.24, 2.45) is 0 Å². The topological polar surface area (TPSA) is 17.1 Å². The Morgan fingerprint density at radius 1 is 0.850 bits per heavy atom. The van der Waals surface area contributed by atoms with Crippen molar-refractivity contribution in [1.82, 2.24) is 0 Å². The molecule has 0 fully saturated rings. The number of aryl methyl sites for hydroxylation is 3. The lowest BCUT2D eigenvalue weighted by molar-refractivity contribution is 0.103. The van der Waals surface area contributed by atoms with Crippen LogP contribution in [0.25, 0.3) is 0 Å². The second kappa shape index (κ2) is 5.53. The second-order valence-electron chi connectivity index (χ2n) is 5.42. The normalized spacial score (nSPS) is 10.7. The molecule has 0 aliphatic carbocycles. The number of benzene rings is 2. The zero-order valence-corrected chi connectivity index (χ0v) is 14.2. The van der Waals surface area contributed by atoms with Crippen LogP contribution in [-0.2, 0) is 0 Å². The highest BCUT2D eigenvalue weighted by Gasteiger charge is 2.18. The number of halogens is 1. The molecule has 2 aromatic rings. The summed E-state index contributed by atoms with van der Waals surface area (Å²) in [5, 5.41) is 0. The summed E-state index contributed by atoms with van der Waals surface area (Å²) in [4.78, 5) is 12.9. The predicted octanol–water partition coefficient (Wildman–Crippen LogP) is 5.22. The summed E-state index contributed by atoms with van der Waals surface area (Å²) in [7, 11) is 0. The van der Waals surface area contributed by atoms with Gasteiger partial charge in [-0.05, 0) is 80.6 Å². The van der Waals surface area contributed by atoms with Crippen LogP contribution in [0.15, 0.2) is 28.7 Å². The van der Waals surface area contributed by atoms with Gasteiger partial charge in [0.25, 0.3) is 0 Å². The second-order valence-corrected chi connectivity index (χ2v) is 6.34. The minimum Gasteiger partial charge on any atom is -0.289 e. The molecule has 0 saturated carbocycles. The minimum absolute atomic E-state index is 0.122. The van der Waals surface area contributed by atoms with Crippen molar-refractivity contribution >= 4 is 21.7 Å². The molecule has 0 amide bonds. The Morgan fingerprint density at radius 3 is 1.90 bits per heavy atom. The van der Waals surface area contributed by atoms with Gasteiger partial charge in [0.1, 0.15) is 0 Å². The maximum absolute atomic E-state index is 12.9. The molecular formula is C18H19BrO. The lowest BCUT2D eigenvalue weighted by Crippen LogP contribution is -2.10. The number of ketones is 1. The van der Waals surface area contributed by atoms with E-state index >= 15 is 0 Å². The fraction of sp³-hybridized carbons (Fsp3) is 0.278. The summed E-state index contributed by atoms with van der Waals surface area (Å²) < 4.78 is 1.00. The van der Waals surface area contributed by atoms with E-state index in [2.05, 4.69) is 35.8 Å². The summed E-state index contributed by atoms with van der Waals surface area (Å²) in [6.07, 6.45) is 0. The number of hydrogen-bond donors (Lipinski definition) is 0. The van der Waals surface area contributed by atoms with Crippen molar-refractivity contribution in [2.75, 3.05) is 0 Å². The minimum atomic E-state index is 0.122. The summed E-state index contributed by atoms with van der Waals surface area (Å²) in [5.41, 5.74) is 7.15. The van der Waals surface area contributed by atoms with E-state index < -0.39 is 0 Å². The van der Waals surface area contributed by atoms with Crippen LogP contribution < -0.4 is 0 Å². The van der Waals surface area contributed by atoms with Crippen LogP contribution in [0.2, 0.25) is 0 Å². The highest BCUT2D eigenvalue weighted by atomic mass is 79.9. The van der Waals surface area contributed by atoms with Crippen molar-refractivity contribution in [3.8, 4) is 0 Å². The van der Waals surface area contributed by atoms with E-state index in [0.717, 1.165) is 32.3 Å². The molecule has 104 valence electrons. The summed E-state index contributed by atoms with van der Waals surface area (Å²) in [6, 6.07) is 7.96. The van der Waals surface area contributed by atoms with E-state index in [1.165, 1.54) is 11.1 Å². The molecule has 0 spiro atoms. The molecule has 2 heteroatoms. The van der Waals surface area contributed by atoms with Crippen LogP contribution >= 0.6 is 15.9 Å². The van der Waals surface area contributed by atoms with Gasteiger partial charge >= 0.3 is 0 Å². The third-order valence-corrected chi connectivity index (χ3v) is 4.52. The number of carbonyl (C=O) groups excluding carboxylic acids is 1. The van der Waals surface area contributed by atoms with Gasteiger partial charge in [-0.1, -0.05) is 22.0 Å². The molecule has 2 aromatic carbocycles. The molecule has 0 aliphatic rings. The lowest BCUT2D eigenvalue weighted by Gasteiger charge is -2.15. The molecule has 0 unspecified atom stereocenters. The largest absolute Gasteiger partial charge is 0.289 e. The fourth-order valence-corrected chi connectivity index (χ4v) is 3.05. The van der Waals surface area contributed by atoms with Crippen LogP contribution in [0, 0.1) is 34.6 Å². The Kier molecular flexibility index (Phi) is 4.14. The van der Waals surface area contributed by atoms with E-state index in [9.17, 15) is 4.79 Å². The van der Waals surface area contributed by atoms with Gasteiger partial charge in [0, 0.05) is 15.6 Å². The average Bonchev–Trinajstić information content (AvgIpc) is 2.36. The molecule has 20 heavy (non-hydrogen) atoms. The maximum Gasteiger partial charge on any atom is 0.193 e. The van der Waals surface area contributed by atoms with E-state index in [1.54, 1.807) is 0 Å². The van der Waals surface area contributed by atoms with E-state index in [4.69, 9.17) is 0 Å². The zero-order chi connectivity index (χ0) is 15.0. The smallest absolute Gasteiger partial charge is 0.193 e. The molecule has 0 aromatic heterocycles. The highest BCUT2D eigenvalue weighted by molar-refractivity contribution is 9.10. The molecule has 0 heterocycles. The molecule has 0 saturated heterocycles. The van der Waals surface area contributed by atoms with Crippen LogP contribution in [0.1, 0.15) is 43.7 Å². The SMILES string of the molecule is Cc1cc(Br)ccc1C(=O)c1c(C)c(C)cc(C)c1C. The van der Waals surface area contributed by atoms with Crippen LogP contribution in [0.5, 0.6) is 0 Å². The number of carbonyl (C=O) groups is 1. The fourth-order valence-electron chi connectivity index (χ4n) is 2.57. The van der Waals surface area contributed by atoms with Gasteiger partial charge in [0.2, 0.25) is 0 Å². The van der Waals surface area contributed by atoms with Gasteiger partial charge < -0.3 is 0 Å². The van der Waals surface area contributed by atoms with Crippen molar-refractivity contribution in [1.29, 1.82) is 0 Å². The van der Waals surface area contributed by atoms with E-state index in [0.29, 0.717) is 0 Å². The summed E-state index contributed by atoms with van der Waals surface area (Å²) >= 11 is 3.44. The van der Waals surface area contributed by atoms with Crippen LogP contribution in [0.3, 0.4) is 0 Å². The quantitative estimate of drug-likeness (QED) is 0.689. The highest BCUT2D eigenvalue weighted by Crippen LogP contribution is 2.26. The van der Waals surface area contributed by atoms with Crippen molar-refractivity contribution < 1.29 is 4.79 Å². The molecule has 0 atom stereocenters. The molecule has 2 rings (SSSR count).